The second kappa shape index (κ2) is 10.6. The summed E-state index contributed by atoms with van der Waals surface area (Å²) in [5.74, 6) is -12.5. The molecule has 0 radical (unpaired) electrons. The normalized spacial score (nSPS) is 12.0. The van der Waals surface area contributed by atoms with Gasteiger partial charge in [0.15, 0.2) is 29.1 Å². The molecule has 8 heteroatoms. The molecule has 0 aliphatic heterocycles. The summed E-state index contributed by atoms with van der Waals surface area (Å²) in [5.41, 5.74) is -1.17. The van der Waals surface area contributed by atoms with Crippen molar-refractivity contribution in [3.8, 4) is 22.3 Å². The Morgan fingerprint density at radius 2 is 1.14 bits per heavy atom. The van der Waals surface area contributed by atoms with E-state index in [2.05, 4.69) is 0 Å². The lowest BCUT2D eigenvalue weighted by Gasteiger charge is -2.10. The average Bonchev–Trinajstić information content (AvgIpc) is 2.86. The Balaban J connectivity index is 1.69. The van der Waals surface area contributed by atoms with E-state index in [1.54, 1.807) is 24.3 Å². The van der Waals surface area contributed by atoms with Crippen molar-refractivity contribution in [2.24, 2.45) is 0 Å². The second-order valence-electron chi connectivity index (χ2n) is 8.34. The Morgan fingerprint density at radius 1 is 0.568 bits per heavy atom. The van der Waals surface area contributed by atoms with Crippen LogP contribution < -0.4 is 0 Å². The van der Waals surface area contributed by atoms with Crippen molar-refractivity contribution in [3.63, 3.8) is 0 Å². The van der Waals surface area contributed by atoms with Crippen LogP contribution in [0.5, 0.6) is 0 Å². The van der Waals surface area contributed by atoms with E-state index in [1.165, 1.54) is 0 Å². The van der Waals surface area contributed by atoms with E-state index in [-0.39, 0.29) is 11.1 Å². The fourth-order valence-electron chi connectivity index (χ4n) is 3.94. The quantitative estimate of drug-likeness (QED) is 0.135. The third kappa shape index (κ3) is 5.28. The van der Waals surface area contributed by atoms with Gasteiger partial charge in [-0.3, -0.25) is 0 Å². The van der Waals surface area contributed by atoms with Gasteiger partial charge >= 0.3 is 0 Å². The van der Waals surface area contributed by atoms with Crippen LogP contribution in [0.4, 0.5) is 35.1 Å². The van der Waals surface area contributed by atoms with E-state index in [4.69, 9.17) is 0 Å². The smallest absolute Gasteiger partial charge is 0.194 e. The van der Waals surface area contributed by atoms with Crippen LogP contribution in [0.15, 0.2) is 66.7 Å². The molecule has 0 bridgehead atoms. The molecule has 0 amide bonds. The van der Waals surface area contributed by atoms with Crippen molar-refractivity contribution >= 4 is 11.7 Å². The molecule has 190 valence electrons. The molecule has 0 unspecified atom stereocenters. The van der Waals surface area contributed by atoms with Crippen LogP contribution in [0, 0.1) is 34.9 Å². The fourth-order valence-corrected chi connectivity index (χ4v) is 3.94. The molecule has 0 spiro atoms. The first-order valence-corrected chi connectivity index (χ1v) is 11.2. The number of rotatable bonds is 6. The lowest BCUT2D eigenvalue weighted by Crippen LogP contribution is -1.97. The lowest BCUT2D eigenvalue weighted by molar-refractivity contribution is 0.447. The maximum Gasteiger partial charge on any atom is 0.194 e. The molecule has 0 N–H and O–H groups in total. The van der Waals surface area contributed by atoms with Crippen LogP contribution in [-0.2, 0) is 6.42 Å². The Hall–Kier alpha value is -3.94. The molecule has 0 heterocycles. The molecule has 0 saturated carbocycles. The van der Waals surface area contributed by atoms with Gasteiger partial charge in [-0.1, -0.05) is 49.7 Å². The first-order valence-electron chi connectivity index (χ1n) is 11.2. The molecule has 0 aromatic heterocycles. The van der Waals surface area contributed by atoms with Crippen LogP contribution in [0.1, 0.15) is 30.0 Å². The SMILES string of the molecule is CCCc1ccc(-c2cc(F)c(/C(F)=C(\F)c3ccc(-c4cc(F)c(F)c(F)c4)c(F)c3)c(F)c2)cc1. The summed E-state index contributed by atoms with van der Waals surface area (Å²) < 4.78 is 114. The Bertz CT molecular complexity index is 1460. The van der Waals surface area contributed by atoms with Crippen molar-refractivity contribution in [2.75, 3.05) is 0 Å². The number of aryl methyl sites for hydroxylation is 1. The fraction of sp³-hybridized carbons (Fsp3) is 0.103. The van der Waals surface area contributed by atoms with Crippen LogP contribution in [0.2, 0.25) is 0 Å². The average molecular weight is 518 g/mol. The van der Waals surface area contributed by atoms with Crippen LogP contribution in [-0.4, -0.2) is 0 Å². The van der Waals surface area contributed by atoms with E-state index in [9.17, 15) is 35.1 Å². The van der Waals surface area contributed by atoms with Gasteiger partial charge in [-0.15, -0.1) is 0 Å². The molecule has 0 nitrogen and oxygen atoms in total. The number of hydrogen-bond acceptors (Lipinski definition) is 0. The minimum Gasteiger partial charge on any atom is -0.206 e. The van der Waals surface area contributed by atoms with Gasteiger partial charge in [0.05, 0.1) is 5.56 Å². The first-order chi connectivity index (χ1) is 17.6. The van der Waals surface area contributed by atoms with Crippen molar-refractivity contribution in [2.45, 2.75) is 19.8 Å². The molecule has 37 heavy (non-hydrogen) atoms. The number of hydrogen-bond donors (Lipinski definition) is 0. The van der Waals surface area contributed by atoms with Gasteiger partial charge in [-0.2, -0.15) is 0 Å². The van der Waals surface area contributed by atoms with Gasteiger partial charge in [-0.25, -0.2) is 35.1 Å². The molecule has 4 rings (SSSR count). The van der Waals surface area contributed by atoms with Crippen molar-refractivity contribution in [3.05, 3.63) is 118 Å². The van der Waals surface area contributed by atoms with E-state index in [1.807, 2.05) is 6.92 Å². The Morgan fingerprint density at radius 3 is 1.68 bits per heavy atom. The standard InChI is InChI=1S/C29H18F8/c1-2-3-15-4-6-16(7-5-15)18-11-22(31)26(23(32)12-18)29(37)27(35)17-8-9-20(21(30)10-17)19-13-24(33)28(36)25(34)14-19/h4-14H,2-3H2,1H3/b29-27+. The summed E-state index contributed by atoms with van der Waals surface area (Å²) in [6.07, 6.45) is 1.75. The summed E-state index contributed by atoms with van der Waals surface area (Å²) in [7, 11) is 0. The highest BCUT2D eigenvalue weighted by Crippen LogP contribution is 2.36. The highest BCUT2D eigenvalue weighted by molar-refractivity contribution is 5.85. The second-order valence-corrected chi connectivity index (χ2v) is 8.34. The molecular weight excluding hydrogens is 500 g/mol. The van der Waals surface area contributed by atoms with E-state index in [0.717, 1.165) is 42.7 Å². The largest absolute Gasteiger partial charge is 0.206 e. The summed E-state index contributed by atoms with van der Waals surface area (Å²) >= 11 is 0. The molecule has 4 aromatic carbocycles. The molecule has 0 aliphatic carbocycles. The zero-order valence-electron chi connectivity index (χ0n) is 19.3. The Kier molecular flexibility index (Phi) is 7.47. The van der Waals surface area contributed by atoms with Crippen LogP contribution >= 0.6 is 0 Å². The predicted molar refractivity (Wildman–Crippen MR) is 127 cm³/mol. The zero-order valence-corrected chi connectivity index (χ0v) is 19.3. The van der Waals surface area contributed by atoms with E-state index >= 15 is 0 Å². The van der Waals surface area contributed by atoms with Crippen molar-refractivity contribution in [1.29, 1.82) is 0 Å². The highest BCUT2D eigenvalue weighted by Gasteiger charge is 2.22. The van der Waals surface area contributed by atoms with E-state index in [0.29, 0.717) is 23.8 Å². The maximum absolute atomic E-state index is 14.9. The lowest BCUT2D eigenvalue weighted by atomic mass is 9.99. The van der Waals surface area contributed by atoms with Gasteiger partial charge in [0.2, 0.25) is 0 Å². The molecule has 0 saturated heterocycles. The first kappa shape index (κ1) is 26.1. The molecule has 0 fully saturated rings. The monoisotopic (exact) mass is 518 g/mol. The van der Waals surface area contributed by atoms with Crippen LogP contribution in [0.3, 0.4) is 0 Å². The predicted octanol–water partition coefficient (Wildman–Crippen LogP) is 9.57. The minimum atomic E-state index is -1.90. The van der Waals surface area contributed by atoms with E-state index < -0.39 is 63.2 Å². The molecule has 0 atom stereocenters. The third-order valence-electron chi connectivity index (χ3n) is 5.80. The zero-order chi connectivity index (χ0) is 26.9. The van der Waals surface area contributed by atoms with Gasteiger partial charge < -0.3 is 0 Å². The van der Waals surface area contributed by atoms with Crippen LogP contribution in [0.25, 0.3) is 33.9 Å². The number of benzene rings is 4. The minimum absolute atomic E-state index is 0.115. The molecular formula is C29H18F8. The van der Waals surface area contributed by atoms with Gasteiger partial charge in [-0.05, 0) is 59.0 Å². The third-order valence-corrected chi connectivity index (χ3v) is 5.80. The maximum atomic E-state index is 14.9. The number of halogens is 8. The van der Waals surface area contributed by atoms with Gasteiger partial charge in [0, 0.05) is 11.1 Å². The summed E-state index contributed by atoms with van der Waals surface area (Å²) in [6.45, 7) is 2.01. The van der Waals surface area contributed by atoms with Crippen molar-refractivity contribution < 1.29 is 35.1 Å². The topological polar surface area (TPSA) is 0 Å². The van der Waals surface area contributed by atoms with Gasteiger partial charge in [0.25, 0.3) is 0 Å². The summed E-state index contributed by atoms with van der Waals surface area (Å²) in [5, 5.41) is 0. The summed E-state index contributed by atoms with van der Waals surface area (Å²) in [4.78, 5) is 0. The van der Waals surface area contributed by atoms with Crippen molar-refractivity contribution in [1.82, 2.24) is 0 Å². The highest BCUT2D eigenvalue weighted by atomic mass is 19.2. The summed E-state index contributed by atoms with van der Waals surface area (Å²) in [6, 6.07) is 11.9. The Labute approximate surface area is 207 Å². The van der Waals surface area contributed by atoms with Gasteiger partial charge in [0.1, 0.15) is 17.5 Å². The molecule has 4 aromatic rings. The molecule has 0 aliphatic rings.